The van der Waals surface area contributed by atoms with Gasteiger partial charge in [0.25, 0.3) is 5.91 Å². The van der Waals surface area contributed by atoms with E-state index in [1.807, 2.05) is 56.5 Å². The Kier molecular flexibility index (Phi) is 7.23. The summed E-state index contributed by atoms with van der Waals surface area (Å²) in [6, 6.07) is 11.4. The second kappa shape index (κ2) is 9.19. The van der Waals surface area contributed by atoms with Gasteiger partial charge in [-0.1, -0.05) is 30.3 Å². The van der Waals surface area contributed by atoms with Gasteiger partial charge < -0.3 is 15.4 Å². The number of carbonyl (C=O) groups is 2. The Balaban J connectivity index is 2.01. The largest absolute Gasteiger partial charge is 0.444 e. The normalized spacial score (nSPS) is 12.3. The van der Waals surface area contributed by atoms with Gasteiger partial charge in [0.2, 0.25) is 0 Å². The van der Waals surface area contributed by atoms with Gasteiger partial charge in [0.05, 0.1) is 10.9 Å². The molecule has 2 rings (SSSR count). The molecule has 0 saturated heterocycles. The quantitative estimate of drug-likeness (QED) is 0.702. The van der Waals surface area contributed by atoms with Crippen molar-refractivity contribution in [3.05, 3.63) is 56.7 Å². The van der Waals surface area contributed by atoms with Gasteiger partial charge in [-0.3, -0.25) is 4.79 Å². The highest BCUT2D eigenvalue weighted by Crippen LogP contribution is 2.19. The zero-order valence-electron chi connectivity index (χ0n) is 15.0. The molecular weight excluding hydrogens is 416 g/mol. The molecule has 2 N–H and O–H groups in total. The minimum Gasteiger partial charge on any atom is -0.444 e. The fourth-order valence-electron chi connectivity index (χ4n) is 2.28. The Hall–Kier alpha value is -1.86. The number of amides is 2. The molecule has 0 aliphatic carbocycles. The molecule has 0 spiro atoms. The maximum atomic E-state index is 12.5. The van der Waals surface area contributed by atoms with Crippen LogP contribution in [0.4, 0.5) is 4.79 Å². The summed E-state index contributed by atoms with van der Waals surface area (Å²) in [6.07, 6.45) is 0.109. The van der Waals surface area contributed by atoms with E-state index in [4.69, 9.17) is 4.74 Å². The van der Waals surface area contributed by atoms with Crippen LogP contribution in [0.15, 0.2) is 46.3 Å². The number of benzene rings is 1. The lowest BCUT2D eigenvalue weighted by Crippen LogP contribution is -2.45. The number of carbonyl (C=O) groups excluding carboxylic acids is 2. The number of nitrogens with one attached hydrogen (secondary N) is 2. The summed E-state index contributed by atoms with van der Waals surface area (Å²) in [7, 11) is 0. The summed E-state index contributed by atoms with van der Waals surface area (Å²) in [5.41, 5.74) is 0.516. The zero-order valence-corrected chi connectivity index (χ0v) is 17.4. The summed E-state index contributed by atoms with van der Waals surface area (Å²) in [4.78, 5) is 25.0. The van der Waals surface area contributed by atoms with Crippen LogP contribution in [0.25, 0.3) is 0 Å². The first-order chi connectivity index (χ1) is 12.2. The molecule has 0 aliphatic rings. The van der Waals surface area contributed by atoms with Gasteiger partial charge in [0, 0.05) is 16.4 Å². The minimum atomic E-state index is -0.564. The van der Waals surface area contributed by atoms with Crippen LogP contribution in [0.5, 0.6) is 0 Å². The van der Waals surface area contributed by atoms with Gasteiger partial charge in [-0.25, -0.2) is 4.79 Å². The molecule has 5 nitrogen and oxygen atoms in total. The first kappa shape index (κ1) is 20.5. The summed E-state index contributed by atoms with van der Waals surface area (Å²) in [5, 5.41) is 7.59. The Morgan fingerprint density at radius 1 is 1.23 bits per heavy atom. The number of hydrogen-bond donors (Lipinski definition) is 2. The topological polar surface area (TPSA) is 67.4 Å². The van der Waals surface area contributed by atoms with Gasteiger partial charge >= 0.3 is 6.09 Å². The van der Waals surface area contributed by atoms with Crippen molar-refractivity contribution in [1.82, 2.24) is 10.6 Å². The summed E-state index contributed by atoms with van der Waals surface area (Å²) in [5.74, 6) is -0.160. The highest BCUT2D eigenvalue weighted by atomic mass is 79.9. The van der Waals surface area contributed by atoms with E-state index in [0.29, 0.717) is 11.3 Å². The van der Waals surface area contributed by atoms with Crippen LogP contribution in [0, 0.1) is 0 Å². The number of alkyl carbamates (subject to hydrolysis) is 1. The lowest BCUT2D eigenvalue weighted by Gasteiger charge is -2.22. The van der Waals surface area contributed by atoms with Crippen molar-refractivity contribution in [1.29, 1.82) is 0 Å². The van der Waals surface area contributed by atoms with E-state index in [2.05, 4.69) is 26.6 Å². The lowest BCUT2D eigenvalue weighted by molar-refractivity contribution is 0.0520. The van der Waals surface area contributed by atoms with Crippen molar-refractivity contribution >= 4 is 39.3 Å². The third-order valence-corrected chi connectivity index (χ3v) is 5.03. The van der Waals surface area contributed by atoms with Crippen molar-refractivity contribution in [2.45, 2.75) is 38.8 Å². The maximum absolute atomic E-state index is 12.5. The predicted molar refractivity (Wildman–Crippen MR) is 108 cm³/mol. The van der Waals surface area contributed by atoms with Gasteiger partial charge in [-0.05, 0) is 54.8 Å². The molecular formula is C19H23BrN2O3S. The number of hydrogen-bond acceptors (Lipinski definition) is 4. The van der Waals surface area contributed by atoms with Crippen molar-refractivity contribution in [3.63, 3.8) is 0 Å². The van der Waals surface area contributed by atoms with Crippen LogP contribution in [0.1, 0.15) is 36.0 Å². The van der Waals surface area contributed by atoms with Crippen LogP contribution < -0.4 is 10.6 Å². The molecule has 0 saturated carbocycles. The molecule has 0 fully saturated rings. The molecule has 140 valence electrons. The minimum absolute atomic E-state index is 0.160. The average Bonchev–Trinajstić information content (AvgIpc) is 2.98. The molecule has 1 aromatic carbocycles. The highest BCUT2D eigenvalue weighted by molar-refractivity contribution is 9.10. The number of rotatable bonds is 6. The van der Waals surface area contributed by atoms with Gasteiger partial charge in [0.15, 0.2) is 0 Å². The SMILES string of the molecule is CC(C)(C)OC(=O)NC[C@H](Cc1ccccc1)NC(=O)c1cc(Br)cs1. The molecule has 1 atom stereocenters. The standard InChI is InChI=1S/C19H23BrN2O3S/c1-19(2,3)25-18(24)21-11-15(9-13-7-5-4-6-8-13)22-17(23)16-10-14(20)12-26-16/h4-8,10,12,15H,9,11H2,1-3H3,(H,21,24)(H,22,23)/t15-/m0/s1. The van der Waals surface area contributed by atoms with E-state index in [1.54, 1.807) is 6.07 Å². The van der Waals surface area contributed by atoms with Gasteiger partial charge in [0.1, 0.15) is 5.60 Å². The average molecular weight is 439 g/mol. The molecule has 0 unspecified atom stereocenters. The molecule has 1 heterocycles. The van der Waals surface area contributed by atoms with E-state index in [9.17, 15) is 9.59 Å². The molecule has 0 bridgehead atoms. The van der Waals surface area contributed by atoms with Crippen molar-refractivity contribution in [2.75, 3.05) is 6.54 Å². The maximum Gasteiger partial charge on any atom is 0.407 e. The van der Waals surface area contributed by atoms with Crippen LogP contribution in [-0.4, -0.2) is 30.2 Å². The Morgan fingerprint density at radius 3 is 2.50 bits per heavy atom. The van der Waals surface area contributed by atoms with Crippen molar-refractivity contribution in [2.24, 2.45) is 0 Å². The Bertz CT molecular complexity index is 741. The second-order valence-corrected chi connectivity index (χ2v) is 8.70. The monoisotopic (exact) mass is 438 g/mol. The highest BCUT2D eigenvalue weighted by Gasteiger charge is 2.20. The number of halogens is 1. The molecule has 1 aromatic heterocycles. The second-order valence-electron chi connectivity index (χ2n) is 6.87. The molecule has 2 aromatic rings. The van der Waals surface area contributed by atoms with Gasteiger partial charge in [-0.15, -0.1) is 11.3 Å². The molecule has 7 heteroatoms. The van der Waals surface area contributed by atoms with Crippen LogP contribution in [0.2, 0.25) is 0 Å². The van der Waals surface area contributed by atoms with E-state index in [0.717, 1.165) is 10.0 Å². The van der Waals surface area contributed by atoms with E-state index < -0.39 is 11.7 Å². The van der Waals surface area contributed by atoms with E-state index >= 15 is 0 Å². The van der Waals surface area contributed by atoms with Crippen LogP contribution >= 0.6 is 27.3 Å². The zero-order chi connectivity index (χ0) is 19.2. The van der Waals surface area contributed by atoms with Crippen LogP contribution in [0.3, 0.4) is 0 Å². The fraction of sp³-hybridized carbons (Fsp3) is 0.368. The fourth-order valence-corrected chi connectivity index (χ4v) is 3.61. The lowest BCUT2D eigenvalue weighted by atomic mass is 10.1. The predicted octanol–water partition coefficient (Wildman–Crippen LogP) is 4.38. The van der Waals surface area contributed by atoms with Gasteiger partial charge in [-0.2, -0.15) is 0 Å². The van der Waals surface area contributed by atoms with Crippen molar-refractivity contribution in [3.8, 4) is 0 Å². The first-order valence-corrected chi connectivity index (χ1v) is 9.96. The number of ether oxygens (including phenoxy) is 1. The third kappa shape index (κ3) is 7.17. The summed E-state index contributed by atoms with van der Waals surface area (Å²) >= 11 is 4.72. The van der Waals surface area contributed by atoms with E-state index in [-0.39, 0.29) is 18.5 Å². The van der Waals surface area contributed by atoms with E-state index in [1.165, 1.54) is 11.3 Å². The first-order valence-electron chi connectivity index (χ1n) is 8.28. The molecule has 0 radical (unpaired) electrons. The summed E-state index contributed by atoms with van der Waals surface area (Å²) in [6.45, 7) is 5.71. The Labute approximate surface area is 166 Å². The Morgan fingerprint density at radius 2 is 1.92 bits per heavy atom. The van der Waals surface area contributed by atoms with Crippen molar-refractivity contribution < 1.29 is 14.3 Å². The third-order valence-electron chi connectivity index (χ3n) is 3.34. The molecule has 0 aliphatic heterocycles. The smallest absolute Gasteiger partial charge is 0.407 e. The molecule has 26 heavy (non-hydrogen) atoms. The number of thiophene rings is 1. The molecule has 2 amide bonds. The van der Waals surface area contributed by atoms with Crippen LogP contribution in [-0.2, 0) is 11.2 Å². The summed E-state index contributed by atoms with van der Waals surface area (Å²) < 4.78 is 6.14.